The Balaban J connectivity index is 1.35. The number of nitrogens with zero attached hydrogens (tertiary/aromatic N) is 1. The molecule has 1 spiro atoms. The third kappa shape index (κ3) is 3.51. The zero-order chi connectivity index (χ0) is 18.0. The number of ether oxygens (including phenoxy) is 1. The Morgan fingerprint density at radius 3 is 2.81 bits per heavy atom. The van der Waals surface area contributed by atoms with Crippen LogP contribution >= 0.6 is 11.3 Å². The number of aromatic nitrogens is 1. The van der Waals surface area contributed by atoms with Gasteiger partial charge in [0.05, 0.1) is 29.6 Å². The van der Waals surface area contributed by atoms with Crippen molar-refractivity contribution in [2.75, 3.05) is 0 Å². The third-order valence-electron chi connectivity index (χ3n) is 5.33. The molecule has 1 unspecified atom stereocenters. The number of amides is 1. The molecule has 1 amide bonds. The normalized spacial score (nSPS) is 21.1. The van der Waals surface area contributed by atoms with E-state index in [0.29, 0.717) is 6.54 Å². The van der Waals surface area contributed by atoms with Gasteiger partial charge in [0.1, 0.15) is 5.60 Å². The van der Waals surface area contributed by atoms with E-state index in [0.717, 1.165) is 42.8 Å². The second-order valence-corrected chi connectivity index (χ2v) is 8.06. The van der Waals surface area contributed by atoms with E-state index in [4.69, 9.17) is 4.74 Å². The molecule has 1 aromatic carbocycles. The van der Waals surface area contributed by atoms with Gasteiger partial charge in [0.25, 0.3) is 0 Å². The largest absolute Gasteiger partial charge is 0.458 e. The van der Waals surface area contributed by atoms with Crippen molar-refractivity contribution in [3.8, 4) is 0 Å². The molecule has 1 saturated carbocycles. The first-order chi connectivity index (χ1) is 12.6. The van der Waals surface area contributed by atoms with Crippen LogP contribution in [0.15, 0.2) is 35.7 Å². The highest BCUT2D eigenvalue weighted by molar-refractivity contribution is 7.09. The maximum Gasteiger partial charge on any atom is 0.307 e. The predicted molar refractivity (Wildman–Crippen MR) is 98.6 cm³/mol. The van der Waals surface area contributed by atoms with Gasteiger partial charge in [-0.05, 0) is 31.2 Å². The first kappa shape index (κ1) is 17.2. The number of carbonyl (C=O) groups excluding carboxylic acids is 2. The Morgan fingerprint density at radius 1 is 1.27 bits per heavy atom. The van der Waals surface area contributed by atoms with Gasteiger partial charge >= 0.3 is 5.97 Å². The summed E-state index contributed by atoms with van der Waals surface area (Å²) in [6.45, 7) is 0.394. The highest BCUT2D eigenvalue weighted by Crippen LogP contribution is 2.45. The smallest absolute Gasteiger partial charge is 0.307 e. The summed E-state index contributed by atoms with van der Waals surface area (Å²) in [7, 11) is 0. The van der Waals surface area contributed by atoms with Gasteiger partial charge in [-0.2, -0.15) is 0 Å². The van der Waals surface area contributed by atoms with Gasteiger partial charge in [-0.15, -0.1) is 11.3 Å². The molecular formula is C20H22N2O3S. The molecule has 1 aliphatic heterocycles. The predicted octanol–water partition coefficient (Wildman–Crippen LogP) is 3.23. The van der Waals surface area contributed by atoms with Gasteiger partial charge in [0.15, 0.2) is 0 Å². The maximum atomic E-state index is 12.7. The summed E-state index contributed by atoms with van der Waals surface area (Å²) in [5, 5.41) is 5.98. The molecule has 1 aromatic heterocycles. The van der Waals surface area contributed by atoms with E-state index in [2.05, 4.69) is 22.4 Å². The lowest BCUT2D eigenvalue weighted by atomic mass is 9.85. The van der Waals surface area contributed by atoms with Crippen molar-refractivity contribution in [1.82, 2.24) is 10.3 Å². The van der Waals surface area contributed by atoms with Gasteiger partial charge < -0.3 is 10.1 Å². The van der Waals surface area contributed by atoms with E-state index in [-0.39, 0.29) is 24.2 Å². The summed E-state index contributed by atoms with van der Waals surface area (Å²) in [4.78, 5) is 29.0. The van der Waals surface area contributed by atoms with E-state index in [1.165, 1.54) is 5.56 Å². The lowest BCUT2D eigenvalue weighted by Gasteiger charge is -2.27. The Kier molecular flexibility index (Phi) is 4.76. The highest BCUT2D eigenvalue weighted by Gasteiger charge is 2.53. The molecule has 2 heterocycles. The van der Waals surface area contributed by atoms with Crippen LogP contribution in [-0.2, 0) is 27.3 Å². The van der Waals surface area contributed by atoms with Crippen LogP contribution < -0.4 is 5.32 Å². The van der Waals surface area contributed by atoms with Crippen molar-refractivity contribution < 1.29 is 14.3 Å². The van der Waals surface area contributed by atoms with E-state index in [9.17, 15) is 9.59 Å². The second kappa shape index (κ2) is 7.19. The highest BCUT2D eigenvalue weighted by atomic mass is 32.1. The first-order valence-corrected chi connectivity index (χ1v) is 9.99. The summed E-state index contributed by atoms with van der Waals surface area (Å²) in [6, 6.07) is 10.2. The number of carbonyl (C=O) groups is 2. The molecule has 2 aromatic rings. The number of esters is 1. The van der Waals surface area contributed by atoms with Crippen LogP contribution in [0.3, 0.4) is 0 Å². The molecule has 2 aliphatic rings. The summed E-state index contributed by atoms with van der Waals surface area (Å²) in [5.74, 6) is -0.693. The maximum absolute atomic E-state index is 12.7. The molecule has 0 radical (unpaired) electrons. The van der Waals surface area contributed by atoms with Crippen molar-refractivity contribution in [2.45, 2.75) is 50.7 Å². The van der Waals surface area contributed by atoms with Gasteiger partial charge in [0.2, 0.25) is 5.91 Å². The Morgan fingerprint density at radius 2 is 2.04 bits per heavy atom. The number of thiazole rings is 1. The zero-order valence-corrected chi connectivity index (χ0v) is 15.4. The fraction of sp³-hybridized carbons (Fsp3) is 0.450. The molecule has 0 bridgehead atoms. The molecule has 4 rings (SSSR count). The Bertz CT molecular complexity index is 796. The fourth-order valence-electron chi connectivity index (χ4n) is 4.03. The molecule has 1 atom stereocenters. The minimum absolute atomic E-state index is 0.0876. The van der Waals surface area contributed by atoms with Crippen LogP contribution in [-0.4, -0.2) is 22.5 Å². The van der Waals surface area contributed by atoms with Crippen molar-refractivity contribution in [3.63, 3.8) is 0 Å². The molecule has 1 N–H and O–H groups in total. The molecule has 2 fully saturated rings. The fourth-order valence-corrected chi connectivity index (χ4v) is 4.86. The molecular weight excluding hydrogens is 348 g/mol. The molecule has 6 heteroatoms. The molecule has 26 heavy (non-hydrogen) atoms. The monoisotopic (exact) mass is 370 g/mol. The van der Waals surface area contributed by atoms with E-state index < -0.39 is 5.60 Å². The average Bonchev–Trinajstić information content (AvgIpc) is 3.36. The Labute approximate surface area is 156 Å². The van der Waals surface area contributed by atoms with E-state index >= 15 is 0 Å². The van der Waals surface area contributed by atoms with Crippen LogP contribution in [0.4, 0.5) is 0 Å². The number of hydrogen-bond acceptors (Lipinski definition) is 5. The first-order valence-electron chi connectivity index (χ1n) is 9.11. The lowest BCUT2D eigenvalue weighted by molar-refractivity contribution is -0.150. The molecule has 1 aliphatic carbocycles. The SMILES string of the molecule is O=C1CC(C(=O)NCc2csc(Cc3ccccc3)n2)C2(CCCC2)O1. The van der Waals surface area contributed by atoms with Crippen molar-refractivity contribution in [3.05, 3.63) is 52.0 Å². The van der Waals surface area contributed by atoms with Gasteiger partial charge in [-0.3, -0.25) is 9.59 Å². The van der Waals surface area contributed by atoms with Crippen molar-refractivity contribution >= 4 is 23.2 Å². The van der Waals surface area contributed by atoms with Crippen LogP contribution in [0, 0.1) is 5.92 Å². The number of benzene rings is 1. The third-order valence-corrected chi connectivity index (χ3v) is 6.23. The summed E-state index contributed by atoms with van der Waals surface area (Å²) < 4.78 is 5.55. The summed E-state index contributed by atoms with van der Waals surface area (Å²) in [6.07, 6.45) is 4.64. The zero-order valence-electron chi connectivity index (χ0n) is 14.6. The number of nitrogens with one attached hydrogen (secondary N) is 1. The van der Waals surface area contributed by atoms with Gasteiger partial charge in [-0.25, -0.2) is 4.98 Å². The standard InChI is InChI=1S/C20H22N2O3S/c23-18-11-16(20(25-18)8-4-5-9-20)19(24)21-12-15-13-26-17(22-15)10-14-6-2-1-3-7-14/h1-3,6-7,13,16H,4-5,8-12H2,(H,21,24). The molecule has 136 valence electrons. The molecule has 5 nitrogen and oxygen atoms in total. The quantitative estimate of drug-likeness (QED) is 0.821. The van der Waals surface area contributed by atoms with Crippen LogP contribution in [0.25, 0.3) is 0 Å². The minimum atomic E-state index is -0.554. The molecule has 1 saturated heterocycles. The van der Waals surface area contributed by atoms with Gasteiger partial charge in [0, 0.05) is 11.8 Å². The van der Waals surface area contributed by atoms with Crippen molar-refractivity contribution in [1.29, 1.82) is 0 Å². The summed E-state index contributed by atoms with van der Waals surface area (Å²) >= 11 is 1.61. The van der Waals surface area contributed by atoms with Crippen molar-refractivity contribution in [2.24, 2.45) is 5.92 Å². The average molecular weight is 370 g/mol. The van der Waals surface area contributed by atoms with Crippen LogP contribution in [0.2, 0.25) is 0 Å². The Hall–Kier alpha value is -2.21. The van der Waals surface area contributed by atoms with Crippen LogP contribution in [0.1, 0.15) is 48.4 Å². The number of rotatable bonds is 5. The minimum Gasteiger partial charge on any atom is -0.458 e. The topological polar surface area (TPSA) is 68.3 Å². The van der Waals surface area contributed by atoms with E-state index in [1.807, 2.05) is 23.6 Å². The van der Waals surface area contributed by atoms with Crippen LogP contribution in [0.5, 0.6) is 0 Å². The lowest BCUT2D eigenvalue weighted by Crippen LogP contribution is -2.42. The second-order valence-electron chi connectivity index (χ2n) is 7.12. The van der Waals surface area contributed by atoms with E-state index in [1.54, 1.807) is 11.3 Å². The number of hydrogen-bond donors (Lipinski definition) is 1. The van der Waals surface area contributed by atoms with Gasteiger partial charge in [-0.1, -0.05) is 30.3 Å². The summed E-state index contributed by atoms with van der Waals surface area (Å²) in [5.41, 5.74) is 1.53.